The highest BCUT2D eigenvalue weighted by Crippen LogP contribution is 2.22. The molecule has 0 aliphatic carbocycles. The van der Waals surface area contributed by atoms with Crippen LogP contribution in [0.3, 0.4) is 0 Å². The van der Waals surface area contributed by atoms with E-state index in [1.807, 2.05) is 7.05 Å². The standard InChI is InChI=1S/C13H20N2O3S/c1-14-11-4-3-9-15(10-11)19(16,17)13-7-5-12(18-2)6-8-13/h5-8,11,14H,3-4,9-10H2,1-2H3/t11-/m0/s1. The van der Waals surface area contributed by atoms with Gasteiger partial charge in [0.1, 0.15) is 5.75 Å². The van der Waals surface area contributed by atoms with Gasteiger partial charge in [-0.25, -0.2) is 8.42 Å². The summed E-state index contributed by atoms with van der Waals surface area (Å²) in [5.41, 5.74) is 0. The van der Waals surface area contributed by atoms with Crippen molar-refractivity contribution in [2.24, 2.45) is 0 Å². The zero-order valence-electron chi connectivity index (χ0n) is 11.3. The molecule has 0 aromatic heterocycles. The van der Waals surface area contributed by atoms with Crippen molar-refractivity contribution in [1.29, 1.82) is 0 Å². The van der Waals surface area contributed by atoms with E-state index in [9.17, 15) is 8.42 Å². The number of methoxy groups -OCH3 is 1. The summed E-state index contributed by atoms with van der Waals surface area (Å²) in [5.74, 6) is 0.658. The van der Waals surface area contributed by atoms with Crippen LogP contribution in [0.25, 0.3) is 0 Å². The van der Waals surface area contributed by atoms with Crippen LogP contribution in [0.1, 0.15) is 12.8 Å². The topological polar surface area (TPSA) is 58.6 Å². The normalized spacial score (nSPS) is 21.3. The molecule has 1 atom stereocenters. The minimum absolute atomic E-state index is 0.238. The molecule has 1 saturated heterocycles. The predicted molar refractivity (Wildman–Crippen MR) is 73.8 cm³/mol. The van der Waals surface area contributed by atoms with Crippen molar-refractivity contribution in [3.05, 3.63) is 24.3 Å². The number of nitrogens with one attached hydrogen (secondary N) is 1. The molecule has 0 bridgehead atoms. The predicted octanol–water partition coefficient (Wildman–Crippen LogP) is 1.07. The van der Waals surface area contributed by atoms with Crippen molar-refractivity contribution in [2.45, 2.75) is 23.8 Å². The smallest absolute Gasteiger partial charge is 0.243 e. The Balaban J connectivity index is 2.20. The average Bonchev–Trinajstić information content (AvgIpc) is 2.47. The summed E-state index contributed by atoms with van der Waals surface area (Å²) in [6.07, 6.45) is 1.91. The Hall–Kier alpha value is -1.11. The molecule has 0 spiro atoms. The maximum Gasteiger partial charge on any atom is 0.243 e. The first-order valence-corrected chi connectivity index (χ1v) is 7.83. The zero-order valence-corrected chi connectivity index (χ0v) is 12.1. The average molecular weight is 284 g/mol. The molecular formula is C13H20N2O3S. The first-order valence-electron chi connectivity index (χ1n) is 6.39. The highest BCUT2D eigenvalue weighted by atomic mass is 32.2. The van der Waals surface area contributed by atoms with Gasteiger partial charge >= 0.3 is 0 Å². The fourth-order valence-corrected chi connectivity index (χ4v) is 3.82. The zero-order chi connectivity index (χ0) is 13.9. The van der Waals surface area contributed by atoms with E-state index in [0.29, 0.717) is 23.7 Å². The van der Waals surface area contributed by atoms with Crippen LogP contribution in [-0.4, -0.2) is 46.0 Å². The fraction of sp³-hybridized carbons (Fsp3) is 0.538. The fourth-order valence-electron chi connectivity index (χ4n) is 2.29. The summed E-state index contributed by atoms with van der Waals surface area (Å²) in [5, 5.41) is 3.15. The molecule has 0 radical (unpaired) electrons. The molecule has 1 aliphatic rings. The van der Waals surface area contributed by atoms with Crippen molar-refractivity contribution < 1.29 is 13.2 Å². The molecule has 6 heteroatoms. The Morgan fingerprint density at radius 2 is 2.00 bits per heavy atom. The van der Waals surface area contributed by atoms with Crippen LogP contribution in [0.4, 0.5) is 0 Å². The number of hydrogen-bond donors (Lipinski definition) is 1. The van der Waals surface area contributed by atoms with Gasteiger partial charge in [0.05, 0.1) is 12.0 Å². The van der Waals surface area contributed by atoms with Gasteiger partial charge in [0.15, 0.2) is 0 Å². The van der Waals surface area contributed by atoms with E-state index in [0.717, 1.165) is 12.8 Å². The van der Waals surface area contributed by atoms with E-state index in [1.54, 1.807) is 35.7 Å². The summed E-state index contributed by atoms with van der Waals surface area (Å²) in [6, 6.07) is 6.77. The van der Waals surface area contributed by atoms with Gasteiger partial charge in [-0.15, -0.1) is 0 Å². The third kappa shape index (κ3) is 3.08. The van der Waals surface area contributed by atoms with Crippen LogP contribution in [0.5, 0.6) is 5.75 Å². The van der Waals surface area contributed by atoms with Gasteiger partial charge in [0.25, 0.3) is 0 Å². The molecule has 1 fully saturated rings. The van der Waals surface area contributed by atoms with Crippen LogP contribution in [-0.2, 0) is 10.0 Å². The minimum Gasteiger partial charge on any atom is -0.497 e. The molecule has 1 N–H and O–H groups in total. The molecule has 1 aliphatic heterocycles. The van der Waals surface area contributed by atoms with Crippen LogP contribution in [0.2, 0.25) is 0 Å². The molecule has 19 heavy (non-hydrogen) atoms. The maximum atomic E-state index is 12.5. The third-order valence-electron chi connectivity index (χ3n) is 3.49. The summed E-state index contributed by atoms with van der Waals surface area (Å²) >= 11 is 0. The van der Waals surface area contributed by atoms with E-state index in [1.165, 1.54) is 0 Å². The Labute approximate surface area is 114 Å². The molecule has 5 nitrogen and oxygen atoms in total. The van der Waals surface area contributed by atoms with Crippen LogP contribution in [0, 0.1) is 0 Å². The second-order valence-corrected chi connectivity index (χ2v) is 6.60. The summed E-state index contributed by atoms with van der Waals surface area (Å²) < 4.78 is 31.6. The Bertz CT molecular complexity index is 513. The molecule has 1 heterocycles. The first-order chi connectivity index (χ1) is 9.07. The number of sulfonamides is 1. The third-order valence-corrected chi connectivity index (χ3v) is 5.37. The number of hydrogen-bond acceptors (Lipinski definition) is 4. The highest BCUT2D eigenvalue weighted by molar-refractivity contribution is 7.89. The minimum atomic E-state index is -3.39. The number of benzene rings is 1. The molecule has 2 rings (SSSR count). The number of likely N-dealkylation sites (N-methyl/N-ethyl adjacent to an activating group) is 1. The SMILES string of the molecule is CN[C@H]1CCCN(S(=O)(=O)c2ccc(OC)cc2)C1. The number of rotatable bonds is 4. The number of piperidine rings is 1. The van der Waals surface area contributed by atoms with Crippen molar-refractivity contribution in [3.8, 4) is 5.75 Å². The molecule has 1 aromatic rings. The Morgan fingerprint density at radius 3 is 2.58 bits per heavy atom. The van der Waals surface area contributed by atoms with Crippen LogP contribution in [0.15, 0.2) is 29.2 Å². The molecule has 106 valence electrons. The van der Waals surface area contributed by atoms with E-state index in [-0.39, 0.29) is 6.04 Å². The largest absolute Gasteiger partial charge is 0.497 e. The lowest BCUT2D eigenvalue weighted by atomic mass is 10.1. The molecule has 0 unspecified atom stereocenters. The molecular weight excluding hydrogens is 264 g/mol. The summed E-state index contributed by atoms with van der Waals surface area (Å²) in [4.78, 5) is 0.324. The highest BCUT2D eigenvalue weighted by Gasteiger charge is 2.29. The van der Waals surface area contributed by atoms with Gasteiger partial charge in [-0.05, 0) is 44.2 Å². The van der Waals surface area contributed by atoms with E-state index < -0.39 is 10.0 Å². The van der Waals surface area contributed by atoms with Crippen LogP contribution < -0.4 is 10.1 Å². The molecule has 0 amide bonds. The monoisotopic (exact) mass is 284 g/mol. The molecule has 1 aromatic carbocycles. The van der Waals surface area contributed by atoms with Crippen molar-refractivity contribution in [2.75, 3.05) is 27.2 Å². The Kier molecular flexibility index (Phi) is 4.44. The molecule has 0 saturated carbocycles. The lowest BCUT2D eigenvalue weighted by Crippen LogP contribution is -2.46. The van der Waals surface area contributed by atoms with Crippen molar-refractivity contribution in [1.82, 2.24) is 9.62 Å². The van der Waals surface area contributed by atoms with Gasteiger partial charge < -0.3 is 10.1 Å². The van der Waals surface area contributed by atoms with E-state index in [4.69, 9.17) is 4.74 Å². The van der Waals surface area contributed by atoms with E-state index >= 15 is 0 Å². The van der Waals surface area contributed by atoms with Crippen molar-refractivity contribution in [3.63, 3.8) is 0 Å². The first kappa shape index (κ1) is 14.3. The lowest BCUT2D eigenvalue weighted by Gasteiger charge is -2.31. The van der Waals surface area contributed by atoms with Gasteiger partial charge in [0.2, 0.25) is 10.0 Å². The quantitative estimate of drug-likeness (QED) is 0.898. The van der Waals surface area contributed by atoms with Crippen LogP contribution >= 0.6 is 0 Å². The number of nitrogens with zero attached hydrogens (tertiary/aromatic N) is 1. The van der Waals surface area contributed by atoms with Gasteiger partial charge in [0, 0.05) is 19.1 Å². The second kappa shape index (κ2) is 5.90. The number of ether oxygens (including phenoxy) is 1. The van der Waals surface area contributed by atoms with Gasteiger partial charge in [-0.3, -0.25) is 0 Å². The van der Waals surface area contributed by atoms with Gasteiger partial charge in [-0.1, -0.05) is 0 Å². The second-order valence-electron chi connectivity index (χ2n) is 4.67. The Morgan fingerprint density at radius 1 is 1.32 bits per heavy atom. The lowest BCUT2D eigenvalue weighted by molar-refractivity contribution is 0.293. The maximum absolute atomic E-state index is 12.5. The van der Waals surface area contributed by atoms with Gasteiger partial charge in [-0.2, -0.15) is 4.31 Å². The van der Waals surface area contributed by atoms with Crippen molar-refractivity contribution >= 4 is 10.0 Å². The van der Waals surface area contributed by atoms with E-state index in [2.05, 4.69) is 5.32 Å². The summed E-state index contributed by atoms with van der Waals surface area (Å²) in [7, 11) is 0.0381. The summed E-state index contributed by atoms with van der Waals surface area (Å²) in [6.45, 7) is 1.12.